The van der Waals surface area contributed by atoms with Gasteiger partial charge in [-0.3, -0.25) is 9.67 Å². The van der Waals surface area contributed by atoms with Gasteiger partial charge in [0.2, 0.25) is 0 Å². The fourth-order valence-corrected chi connectivity index (χ4v) is 4.00. The monoisotopic (exact) mass is 459 g/mol. The fourth-order valence-electron chi connectivity index (χ4n) is 4.00. The zero-order chi connectivity index (χ0) is 23.0. The van der Waals surface area contributed by atoms with E-state index in [1.807, 2.05) is 16.9 Å². The summed E-state index contributed by atoms with van der Waals surface area (Å²) in [4.78, 5) is 10.1. The lowest BCUT2D eigenvalue weighted by Gasteiger charge is -2.22. The van der Waals surface area contributed by atoms with Crippen LogP contribution in [-0.4, -0.2) is 32.6 Å². The van der Waals surface area contributed by atoms with E-state index in [1.165, 1.54) is 4.73 Å². The van der Waals surface area contributed by atoms with E-state index in [2.05, 4.69) is 15.4 Å². The minimum absolute atomic E-state index is 0.0252. The second kappa shape index (κ2) is 8.51. The second-order valence-corrected chi connectivity index (χ2v) is 8.04. The molecule has 1 aliphatic heterocycles. The van der Waals surface area contributed by atoms with Gasteiger partial charge in [0.1, 0.15) is 17.9 Å². The average molecular weight is 459 g/mol. The molecule has 4 aromatic rings. The van der Waals surface area contributed by atoms with E-state index in [9.17, 15) is 17.6 Å². The van der Waals surface area contributed by atoms with Gasteiger partial charge in [-0.1, -0.05) is 6.07 Å². The number of hydrogen-bond acceptors (Lipinski definition) is 4. The van der Waals surface area contributed by atoms with Crippen LogP contribution in [0.1, 0.15) is 30.0 Å². The summed E-state index contributed by atoms with van der Waals surface area (Å²) in [6.07, 6.45) is 4.65. The normalized spacial score (nSPS) is 15.3. The first-order valence-electron chi connectivity index (χ1n) is 10.6. The number of hydrogen-bond donors (Lipinski definition) is 1. The standard InChI is InChI=1S/C23H21F4N5O/c24-20-10-18(23(25,26)27)2-1-15(20)14-33-32-8-5-21-22(32)9-16(11-29-21)17-12-30-31(13-17)19-3-6-28-7-4-19/h1-2,5,8-13,19,28H,3-4,6-7,14H2. The zero-order valence-corrected chi connectivity index (χ0v) is 17.5. The van der Waals surface area contributed by atoms with Gasteiger partial charge >= 0.3 is 6.18 Å². The molecule has 0 aliphatic carbocycles. The molecule has 1 N–H and O–H groups in total. The summed E-state index contributed by atoms with van der Waals surface area (Å²) in [6, 6.07) is 6.42. The van der Waals surface area contributed by atoms with Gasteiger partial charge in [-0.25, -0.2) is 4.39 Å². The van der Waals surface area contributed by atoms with Gasteiger partial charge in [0.15, 0.2) is 0 Å². The quantitative estimate of drug-likeness (QED) is 0.443. The van der Waals surface area contributed by atoms with Crippen LogP contribution in [0, 0.1) is 5.82 Å². The molecule has 33 heavy (non-hydrogen) atoms. The summed E-state index contributed by atoms with van der Waals surface area (Å²) in [5, 5.41) is 7.86. The van der Waals surface area contributed by atoms with Crippen LogP contribution in [0.4, 0.5) is 17.6 Å². The van der Waals surface area contributed by atoms with Gasteiger partial charge in [-0.15, -0.1) is 0 Å². The van der Waals surface area contributed by atoms with Crippen LogP contribution in [0.3, 0.4) is 0 Å². The number of rotatable bonds is 5. The Morgan fingerprint density at radius 3 is 2.64 bits per heavy atom. The van der Waals surface area contributed by atoms with E-state index in [1.54, 1.807) is 24.7 Å². The van der Waals surface area contributed by atoms with Crippen molar-refractivity contribution in [3.05, 3.63) is 72.1 Å². The molecule has 1 saturated heterocycles. The lowest BCUT2D eigenvalue weighted by atomic mass is 10.1. The molecule has 1 aromatic carbocycles. The lowest BCUT2D eigenvalue weighted by Crippen LogP contribution is -2.29. The van der Waals surface area contributed by atoms with Crippen LogP contribution in [0.2, 0.25) is 0 Å². The van der Waals surface area contributed by atoms with E-state index < -0.39 is 17.6 Å². The molecule has 0 bridgehead atoms. The SMILES string of the molecule is Fc1cc(C(F)(F)F)ccc1COn1ccc2ncc(-c3cnn(C4CCNCC4)c3)cc21. The first kappa shape index (κ1) is 21.4. The smallest absolute Gasteiger partial charge is 0.409 e. The summed E-state index contributed by atoms with van der Waals surface area (Å²) < 4.78 is 55.8. The molecule has 0 radical (unpaired) electrons. The number of pyridine rings is 1. The number of aromatic nitrogens is 4. The summed E-state index contributed by atoms with van der Waals surface area (Å²) in [6.45, 7) is 1.71. The molecule has 0 saturated carbocycles. The van der Waals surface area contributed by atoms with Gasteiger partial charge in [0.25, 0.3) is 0 Å². The van der Waals surface area contributed by atoms with E-state index in [4.69, 9.17) is 4.84 Å². The highest BCUT2D eigenvalue weighted by atomic mass is 19.4. The molecule has 5 rings (SSSR count). The third kappa shape index (κ3) is 4.43. The molecule has 6 nitrogen and oxygen atoms in total. The van der Waals surface area contributed by atoms with Crippen molar-refractivity contribution in [1.29, 1.82) is 0 Å². The number of alkyl halides is 3. The third-order valence-electron chi connectivity index (χ3n) is 5.86. The summed E-state index contributed by atoms with van der Waals surface area (Å²) in [5.41, 5.74) is 2.11. The number of nitrogens with one attached hydrogen (secondary N) is 1. The highest BCUT2D eigenvalue weighted by molar-refractivity contribution is 5.80. The maximum atomic E-state index is 14.1. The molecule has 1 aliphatic rings. The Morgan fingerprint density at radius 2 is 1.88 bits per heavy atom. The van der Waals surface area contributed by atoms with E-state index in [0.29, 0.717) is 23.1 Å². The number of fused-ring (bicyclic) bond motifs is 1. The largest absolute Gasteiger partial charge is 0.416 e. The van der Waals surface area contributed by atoms with Crippen molar-refractivity contribution in [2.45, 2.75) is 31.7 Å². The molecule has 0 atom stereocenters. The van der Waals surface area contributed by atoms with Crippen LogP contribution in [0.5, 0.6) is 0 Å². The molecule has 0 spiro atoms. The first-order chi connectivity index (χ1) is 15.9. The number of halogens is 4. The molecule has 172 valence electrons. The van der Waals surface area contributed by atoms with Crippen molar-refractivity contribution < 1.29 is 22.4 Å². The van der Waals surface area contributed by atoms with Crippen molar-refractivity contribution in [2.24, 2.45) is 0 Å². The topological polar surface area (TPSA) is 56.9 Å². The molecule has 4 heterocycles. The molecular formula is C23H21F4N5O. The van der Waals surface area contributed by atoms with Crippen molar-refractivity contribution in [3.63, 3.8) is 0 Å². The Kier molecular flexibility index (Phi) is 5.53. The molecule has 1 fully saturated rings. The Balaban J connectivity index is 1.35. The van der Waals surface area contributed by atoms with Gasteiger partial charge in [-0.2, -0.15) is 23.0 Å². The molecule has 0 unspecified atom stereocenters. The minimum Gasteiger partial charge on any atom is -0.409 e. The highest BCUT2D eigenvalue weighted by Crippen LogP contribution is 2.30. The Hall–Kier alpha value is -3.40. The molecular weight excluding hydrogens is 438 g/mol. The van der Waals surface area contributed by atoms with Crippen molar-refractivity contribution in [3.8, 4) is 11.1 Å². The van der Waals surface area contributed by atoms with E-state index in [0.717, 1.165) is 49.2 Å². The van der Waals surface area contributed by atoms with Gasteiger partial charge in [0, 0.05) is 35.3 Å². The highest BCUT2D eigenvalue weighted by Gasteiger charge is 2.31. The lowest BCUT2D eigenvalue weighted by molar-refractivity contribution is -0.137. The van der Waals surface area contributed by atoms with Crippen LogP contribution >= 0.6 is 0 Å². The minimum atomic E-state index is -4.60. The van der Waals surface area contributed by atoms with Crippen LogP contribution in [0.25, 0.3) is 22.2 Å². The Labute approximate surface area is 186 Å². The Bertz CT molecular complexity index is 1270. The summed E-state index contributed by atoms with van der Waals surface area (Å²) in [7, 11) is 0. The fraction of sp³-hybridized carbons (Fsp3) is 0.304. The molecule has 3 aromatic heterocycles. The summed E-state index contributed by atoms with van der Waals surface area (Å²) in [5.74, 6) is -0.967. The number of nitrogens with zero attached hydrogens (tertiary/aromatic N) is 4. The van der Waals surface area contributed by atoms with Gasteiger partial charge < -0.3 is 10.2 Å². The maximum Gasteiger partial charge on any atom is 0.416 e. The van der Waals surface area contributed by atoms with E-state index >= 15 is 0 Å². The first-order valence-corrected chi connectivity index (χ1v) is 10.6. The van der Waals surface area contributed by atoms with Crippen LogP contribution in [-0.2, 0) is 12.8 Å². The number of benzene rings is 1. The van der Waals surface area contributed by atoms with Crippen molar-refractivity contribution in [2.75, 3.05) is 13.1 Å². The van der Waals surface area contributed by atoms with Crippen molar-refractivity contribution in [1.82, 2.24) is 24.8 Å². The average Bonchev–Trinajstić information content (AvgIpc) is 3.45. The second-order valence-electron chi connectivity index (χ2n) is 8.04. The van der Waals surface area contributed by atoms with Crippen LogP contribution < -0.4 is 10.2 Å². The predicted octanol–water partition coefficient (Wildman–Crippen LogP) is 4.61. The third-order valence-corrected chi connectivity index (χ3v) is 5.86. The maximum absolute atomic E-state index is 14.1. The van der Waals surface area contributed by atoms with Crippen LogP contribution in [0.15, 0.2) is 55.1 Å². The molecule has 0 amide bonds. The molecule has 10 heteroatoms. The summed E-state index contributed by atoms with van der Waals surface area (Å²) >= 11 is 0. The van der Waals surface area contributed by atoms with E-state index in [-0.39, 0.29) is 12.2 Å². The predicted molar refractivity (Wildman–Crippen MR) is 114 cm³/mol. The Morgan fingerprint density at radius 1 is 1.06 bits per heavy atom. The van der Waals surface area contributed by atoms with Gasteiger partial charge in [-0.05, 0) is 50.2 Å². The number of piperidine rings is 1. The van der Waals surface area contributed by atoms with Crippen molar-refractivity contribution >= 4 is 11.0 Å². The van der Waals surface area contributed by atoms with Gasteiger partial charge in [0.05, 0.1) is 23.3 Å². The zero-order valence-electron chi connectivity index (χ0n) is 17.5.